The minimum absolute atomic E-state index is 0.0216. The van der Waals surface area contributed by atoms with Gasteiger partial charge in [-0.1, -0.05) is 18.5 Å². The van der Waals surface area contributed by atoms with Gasteiger partial charge in [0.25, 0.3) is 0 Å². The summed E-state index contributed by atoms with van der Waals surface area (Å²) in [7, 11) is -1.20. The van der Waals surface area contributed by atoms with Crippen molar-refractivity contribution in [2.75, 3.05) is 0 Å². The third-order valence-electron chi connectivity index (χ3n) is 3.71. The number of benzene rings is 1. The minimum Gasteiger partial charge on any atom is -0.535 e. The summed E-state index contributed by atoms with van der Waals surface area (Å²) in [5.41, 5.74) is 1.16. The molecule has 0 amide bonds. The standard InChI is InChI=1S/C14H16BClO5/c1-3-9(17)5-8-6-10-12(16)7(2)4-11(14(18)19)13(10)21-15(8)20/h4,8,20H,3,5-6H2,1-2H3,(H,18,19)/t8-/m0/s1. The zero-order chi connectivity index (χ0) is 15.7. The molecular formula is C14H16BClO5. The van der Waals surface area contributed by atoms with Gasteiger partial charge in [0.1, 0.15) is 17.1 Å². The first-order chi connectivity index (χ1) is 9.85. The Morgan fingerprint density at radius 1 is 1.52 bits per heavy atom. The molecule has 0 fully saturated rings. The number of ketones is 1. The van der Waals surface area contributed by atoms with Crippen LogP contribution in [0, 0.1) is 6.92 Å². The van der Waals surface area contributed by atoms with E-state index in [2.05, 4.69) is 0 Å². The lowest BCUT2D eigenvalue weighted by Crippen LogP contribution is -2.36. The van der Waals surface area contributed by atoms with Gasteiger partial charge in [-0.25, -0.2) is 4.79 Å². The Hall–Kier alpha value is -1.53. The second-order valence-electron chi connectivity index (χ2n) is 5.24. The lowest BCUT2D eigenvalue weighted by atomic mass is 9.64. The number of carboxylic acids is 1. The van der Waals surface area contributed by atoms with Crippen molar-refractivity contribution < 1.29 is 24.4 Å². The number of fused-ring (bicyclic) bond motifs is 1. The van der Waals surface area contributed by atoms with Crippen molar-refractivity contribution in [3.63, 3.8) is 0 Å². The summed E-state index contributed by atoms with van der Waals surface area (Å²) < 4.78 is 5.36. The number of Topliss-reactive ketones (excluding diaryl/α,β-unsaturated/α-hetero) is 1. The highest BCUT2D eigenvalue weighted by Crippen LogP contribution is 2.41. The number of carbonyl (C=O) groups is 2. The molecule has 1 aromatic carbocycles. The number of hydrogen-bond donors (Lipinski definition) is 2. The highest BCUT2D eigenvalue weighted by molar-refractivity contribution is 6.47. The average molecular weight is 311 g/mol. The van der Waals surface area contributed by atoms with E-state index in [-0.39, 0.29) is 23.5 Å². The van der Waals surface area contributed by atoms with E-state index in [1.807, 2.05) is 0 Å². The van der Waals surface area contributed by atoms with Crippen LogP contribution in [-0.4, -0.2) is 29.0 Å². The molecular weight excluding hydrogens is 294 g/mol. The SMILES string of the molecule is CCC(=O)C[C@H]1Cc2c(Cl)c(C)cc(C(=O)O)c2OB1O. The number of hydrogen-bond acceptors (Lipinski definition) is 4. The third kappa shape index (κ3) is 3.06. The second-order valence-corrected chi connectivity index (χ2v) is 5.61. The minimum atomic E-state index is -1.20. The summed E-state index contributed by atoms with van der Waals surface area (Å²) >= 11 is 6.23. The van der Waals surface area contributed by atoms with Crippen molar-refractivity contribution in [3.05, 3.63) is 27.8 Å². The molecule has 7 heteroatoms. The first kappa shape index (κ1) is 15.9. The van der Waals surface area contributed by atoms with Crippen LogP contribution in [0.2, 0.25) is 10.8 Å². The molecule has 0 saturated heterocycles. The van der Waals surface area contributed by atoms with Crippen molar-refractivity contribution in [1.82, 2.24) is 0 Å². The number of carbonyl (C=O) groups excluding carboxylic acids is 1. The molecule has 5 nitrogen and oxygen atoms in total. The predicted octanol–water partition coefficient (Wildman–Crippen LogP) is 2.50. The number of aromatic carboxylic acids is 1. The van der Waals surface area contributed by atoms with Crippen LogP contribution in [0.25, 0.3) is 0 Å². The molecule has 1 aromatic rings. The van der Waals surface area contributed by atoms with Crippen LogP contribution in [0.5, 0.6) is 5.75 Å². The van der Waals surface area contributed by atoms with Gasteiger partial charge in [0.15, 0.2) is 0 Å². The highest BCUT2D eigenvalue weighted by atomic mass is 35.5. The van der Waals surface area contributed by atoms with E-state index in [0.717, 1.165) is 0 Å². The van der Waals surface area contributed by atoms with Gasteiger partial charge in [0, 0.05) is 24.2 Å². The van der Waals surface area contributed by atoms with Gasteiger partial charge in [-0.2, -0.15) is 0 Å². The summed E-state index contributed by atoms with van der Waals surface area (Å²) in [4.78, 5) is 22.9. The maximum Gasteiger partial charge on any atom is 0.526 e. The molecule has 0 radical (unpaired) electrons. The normalized spacial score (nSPS) is 17.1. The Kier molecular flexibility index (Phi) is 4.59. The van der Waals surface area contributed by atoms with Crippen LogP contribution in [0.1, 0.15) is 41.3 Å². The Balaban J connectivity index is 2.43. The van der Waals surface area contributed by atoms with Gasteiger partial charge in [-0.15, -0.1) is 0 Å². The fourth-order valence-corrected chi connectivity index (χ4v) is 2.73. The molecule has 0 spiro atoms. The van der Waals surface area contributed by atoms with Gasteiger partial charge < -0.3 is 14.8 Å². The number of rotatable bonds is 4. The van der Waals surface area contributed by atoms with Crippen LogP contribution in [0.15, 0.2) is 6.07 Å². The molecule has 0 bridgehead atoms. The summed E-state index contributed by atoms with van der Waals surface area (Å²) in [5.74, 6) is -1.42. The molecule has 2 rings (SSSR count). The first-order valence-corrected chi connectivity index (χ1v) is 7.14. The van der Waals surface area contributed by atoms with Crippen molar-refractivity contribution in [2.24, 2.45) is 0 Å². The van der Waals surface area contributed by atoms with E-state index in [1.54, 1.807) is 13.8 Å². The van der Waals surface area contributed by atoms with E-state index >= 15 is 0 Å². The summed E-state index contributed by atoms with van der Waals surface area (Å²) in [5, 5.41) is 19.7. The van der Waals surface area contributed by atoms with Gasteiger partial charge in [0.2, 0.25) is 0 Å². The Labute approximate surface area is 128 Å². The van der Waals surface area contributed by atoms with Crippen molar-refractivity contribution in [3.8, 4) is 5.75 Å². The monoisotopic (exact) mass is 310 g/mol. The maximum atomic E-state index is 11.6. The van der Waals surface area contributed by atoms with Crippen LogP contribution in [0.4, 0.5) is 0 Å². The van der Waals surface area contributed by atoms with Crippen LogP contribution in [-0.2, 0) is 11.2 Å². The molecule has 1 atom stereocenters. The zero-order valence-electron chi connectivity index (χ0n) is 11.9. The maximum absolute atomic E-state index is 11.6. The number of halogens is 1. The molecule has 0 saturated carbocycles. The largest absolute Gasteiger partial charge is 0.535 e. The summed E-state index contributed by atoms with van der Waals surface area (Å²) in [6.45, 7) is 3.47. The van der Waals surface area contributed by atoms with E-state index < -0.39 is 18.9 Å². The van der Waals surface area contributed by atoms with Crippen molar-refractivity contribution in [1.29, 1.82) is 0 Å². The second kappa shape index (κ2) is 6.07. The number of aryl methyl sites for hydroxylation is 1. The fourth-order valence-electron chi connectivity index (χ4n) is 2.51. The van der Waals surface area contributed by atoms with Gasteiger partial charge in [-0.05, 0) is 25.0 Å². The Bertz CT molecular complexity index is 602. The lowest BCUT2D eigenvalue weighted by Gasteiger charge is -2.29. The molecule has 1 aliphatic rings. The van der Waals surface area contributed by atoms with Crippen molar-refractivity contribution in [2.45, 2.75) is 38.9 Å². The molecule has 2 N–H and O–H groups in total. The van der Waals surface area contributed by atoms with E-state index in [0.29, 0.717) is 29.0 Å². The highest BCUT2D eigenvalue weighted by Gasteiger charge is 2.39. The number of carboxylic acid groups (broad SMARTS) is 1. The van der Waals surface area contributed by atoms with Gasteiger partial charge in [0.05, 0.1) is 5.02 Å². The van der Waals surface area contributed by atoms with Crippen molar-refractivity contribution >= 4 is 30.5 Å². The Morgan fingerprint density at radius 2 is 2.19 bits per heavy atom. The van der Waals surface area contributed by atoms with E-state index in [4.69, 9.17) is 16.3 Å². The van der Waals surface area contributed by atoms with E-state index in [9.17, 15) is 19.7 Å². The molecule has 112 valence electrons. The average Bonchev–Trinajstić information content (AvgIpc) is 2.43. The fraction of sp³-hybridized carbons (Fsp3) is 0.429. The predicted molar refractivity (Wildman–Crippen MR) is 79.1 cm³/mol. The third-order valence-corrected chi connectivity index (χ3v) is 4.24. The molecule has 1 heterocycles. The Morgan fingerprint density at radius 3 is 2.76 bits per heavy atom. The molecule has 0 aromatic heterocycles. The summed E-state index contributed by atoms with van der Waals surface area (Å²) in [6.07, 6.45) is 0.894. The van der Waals surface area contributed by atoms with Crippen LogP contribution >= 0.6 is 11.6 Å². The lowest BCUT2D eigenvalue weighted by molar-refractivity contribution is -0.118. The molecule has 1 aliphatic heterocycles. The molecule has 21 heavy (non-hydrogen) atoms. The topological polar surface area (TPSA) is 83.8 Å². The van der Waals surface area contributed by atoms with Gasteiger partial charge >= 0.3 is 13.1 Å². The quantitative estimate of drug-likeness (QED) is 0.835. The summed E-state index contributed by atoms with van der Waals surface area (Å²) in [6, 6.07) is 1.42. The zero-order valence-corrected chi connectivity index (χ0v) is 12.6. The first-order valence-electron chi connectivity index (χ1n) is 6.76. The smallest absolute Gasteiger partial charge is 0.526 e. The molecule has 0 unspecified atom stereocenters. The van der Waals surface area contributed by atoms with Crippen LogP contribution in [0.3, 0.4) is 0 Å². The van der Waals surface area contributed by atoms with E-state index in [1.165, 1.54) is 6.07 Å². The molecule has 0 aliphatic carbocycles. The van der Waals surface area contributed by atoms with Gasteiger partial charge in [-0.3, -0.25) is 4.79 Å². The van der Waals surface area contributed by atoms with Crippen LogP contribution < -0.4 is 4.65 Å².